The molecule has 112 valence electrons. The first kappa shape index (κ1) is 14.3. The first-order chi connectivity index (χ1) is 10.6. The third-order valence-corrected chi connectivity index (χ3v) is 4.03. The molecule has 0 aliphatic heterocycles. The summed E-state index contributed by atoms with van der Waals surface area (Å²) in [7, 11) is 0. The van der Waals surface area contributed by atoms with Gasteiger partial charge in [-0.3, -0.25) is 9.59 Å². The van der Waals surface area contributed by atoms with Gasteiger partial charge in [0.15, 0.2) is 0 Å². The summed E-state index contributed by atoms with van der Waals surface area (Å²) in [5, 5.41) is 2.94. The molecule has 1 fully saturated rings. The van der Waals surface area contributed by atoms with Crippen LogP contribution in [0.2, 0.25) is 0 Å². The lowest BCUT2D eigenvalue weighted by Gasteiger charge is -2.06. The lowest BCUT2D eigenvalue weighted by atomic mass is 10.1. The van der Waals surface area contributed by atoms with Crippen molar-refractivity contribution in [2.75, 3.05) is 0 Å². The van der Waals surface area contributed by atoms with Crippen LogP contribution in [0.1, 0.15) is 33.8 Å². The number of amides is 2. The van der Waals surface area contributed by atoms with Gasteiger partial charge in [-0.05, 0) is 35.6 Å². The fourth-order valence-corrected chi connectivity index (χ4v) is 2.71. The average Bonchev–Trinajstić information content (AvgIpc) is 3.34. The highest BCUT2D eigenvalue weighted by atomic mass is 16.2. The van der Waals surface area contributed by atoms with E-state index in [0.29, 0.717) is 18.0 Å². The van der Waals surface area contributed by atoms with E-state index in [1.54, 1.807) is 18.2 Å². The molecule has 1 saturated carbocycles. The lowest BCUT2D eigenvalue weighted by Crippen LogP contribution is -2.25. The molecule has 2 aromatic carbocycles. The highest BCUT2D eigenvalue weighted by molar-refractivity contribution is 5.92. The molecular weight excluding hydrogens is 276 g/mol. The topological polar surface area (TPSA) is 72.2 Å². The number of benzene rings is 2. The number of nitrogens with one attached hydrogen (secondary N) is 1. The van der Waals surface area contributed by atoms with Crippen LogP contribution in [0.15, 0.2) is 54.6 Å². The standard InChI is InChI=1S/C18H18N2O2/c19-17(21)14-8-4-5-12(9-14)11-20-18(22)16-10-15(16)13-6-2-1-3-7-13/h1-9,15-16H,10-11H2,(H2,19,21)(H,20,22). The van der Waals surface area contributed by atoms with E-state index in [2.05, 4.69) is 17.4 Å². The van der Waals surface area contributed by atoms with E-state index in [0.717, 1.165) is 12.0 Å². The molecule has 2 atom stereocenters. The molecule has 4 heteroatoms. The van der Waals surface area contributed by atoms with Gasteiger partial charge in [-0.1, -0.05) is 42.5 Å². The molecule has 0 radical (unpaired) electrons. The van der Waals surface area contributed by atoms with Crippen molar-refractivity contribution in [3.63, 3.8) is 0 Å². The quantitative estimate of drug-likeness (QED) is 0.887. The van der Waals surface area contributed by atoms with Gasteiger partial charge in [-0.25, -0.2) is 0 Å². The van der Waals surface area contributed by atoms with Crippen molar-refractivity contribution in [3.05, 3.63) is 71.3 Å². The molecule has 2 aromatic rings. The number of hydrogen-bond donors (Lipinski definition) is 2. The van der Waals surface area contributed by atoms with E-state index >= 15 is 0 Å². The van der Waals surface area contributed by atoms with Gasteiger partial charge in [0.05, 0.1) is 0 Å². The van der Waals surface area contributed by atoms with E-state index < -0.39 is 5.91 Å². The fraction of sp³-hybridized carbons (Fsp3) is 0.222. The molecule has 22 heavy (non-hydrogen) atoms. The second-order valence-corrected chi connectivity index (χ2v) is 5.64. The Morgan fingerprint density at radius 2 is 1.86 bits per heavy atom. The van der Waals surface area contributed by atoms with Crippen LogP contribution in [0.3, 0.4) is 0 Å². The van der Waals surface area contributed by atoms with Gasteiger partial charge in [-0.2, -0.15) is 0 Å². The van der Waals surface area contributed by atoms with E-state index in [-0.39, 0.29) is 11.8 Å². The molecule has 4 nitrogen and oxygen atoms in total. The molecule has 0 saturated heterocycles. The first-order valence-electron chi connectivity index (χ1n) is 7.36. The largest absolute Gasteiger partial charge is 0.366 e. The van der Waals surface area contributed by atoms with Gasteiger partial charge in [0.2, 0.25) is 11.8 Å². The first-order valence-corrected chi connectivity index (χ1v) is 7.36. The Kier molecular flexibility index (Phi) is 3.92. The number of nitrogens with two attached hydrogens (primary N) is 1. The van der Waals surface area contributed by atoms with Crippen LogP contribution in [0.5, 0.6) is 0 Å². The minimum Gasteiger partial charge on any atom is -0.366 e. The van der Waals surface area contributed by atoms with E-state index in [1.807, 2.05) is 24.3 Å². The van der Waals surface area contributed by atoms with Crippen LogP contribution in [0.4, 0.5) is 0 Å². The normalized spacial score (nSPS) is 19.5. The monoisotopic (exact) mass is 294 g/mol. The third kappa shape index (κ3) is 3.17. The van der Waals surface area contributed by atoms with Crippen molar-refractivity contribution in [3.8, 4) is 0 Å². The summed E-state index contributed by atoms with van der Waals surface area (Å²) in [6.07, 6.45) is 0.900. The maximum absolute atomic E-state index is 12.2. The zero-order valence-electron chi connectivity index (χ0n) is 12.2. The number of rotatable bonds is 5. The van der Waals surface area contributed by atoms with Gasteiger partial charge >= 0.3 is 0 Å². The molecule has 0 aromatic heterocycles. The third-order valence-electron chi connectivity index (χ3n) is 4.03. The SMILES string of the molecule is NC(=O)c1cccc(CNC(=O)C2CC2c2ccccc2)c1. The van der Waals surface area contributed by atoms with Crippen LogP contribution in [0.25, 0.3) is 0 Å². The zero-order chi connectivity index (χ0) is 15.5. The maximum atomic E-state index is 12.2. The van der Waals surface area contributed by atoms with Crippen LogP contribution in [-0.4, -0.2) is 11.8 Å². The highest BCUT2D eigenvalue weighted by Gasteiger charge is 2.43. The highest BCUT2D eigenvalue weighted by Crippen LogP contribution is 2.47. The molecular formula is C18H18N2O2. The summed E-state index contributed by atoms with van der Waals surface area (Å²) < 4.78 is 0. The number of primary amides is 1. The molecule has 0 bridgehead atoms. The van der Waals surface area contributed by atoms with Gasteiger partial charge in [0.25, 0.3) is 0 Å². The van der Waals surface area contributed by atoms with Gasteiger partial charge in [0, 0.05) is 18.0 Å². The number of carbonyl (C=O) groups excluding carboxylic acids is 2. The predicted molar refractivity (Wildman–Crippen MR) is 84.1 cm³/mol. The van der Waals surface area contributed by atoms with Crippen molar-refractivity contribution >= 4 is 11.8 Å². The van der Waals surface area contributed by atoms with Crippen molar-refractivity contribution in [2.45, 2.75) is 18.9 Å². The molecule has 0 spiro atoms. The van der Waals surface area contributed by atoms with Crippen molar-refractivity contribution in [1.82, 2.24) is 5.32 Å². The van der Waals surface area contributed by atoms with Gasteiger partial charge in [-0.15, -0.1) is 0 Å². The maximum Gasteiger partial charge on any atom is 0.248 e. The molecule has 0 heterocycles. The van der Waals surface area contributed by atoms with Crippen molar-refractivity contribution in [1.29, 1.82) is 0 Å². The minimum atomic E-state index is -0.459. The van der Waals surface area contributed by atoms with Crippen molar-refractivity contribution < 1.29 is 9.59 Å². The fourth-order valence-electron chi connectivity index (χ4n) is 2.71. The molecule has 3 N–H and O–H groups in total. The van der Waals surface area contributed by atoms with Gasteiger partial charge in [0.1, 0.15) is 0 Å². The Bertz CT molecular complexity index is 697. The molecule has 3 rings (SSSR count). The van der Waals surface area contributed by atoms with E-state index in [1.165, 1.54) is 5.56 Å². The van der Waals surface area contributed by atoms with Gasteiger partial charge < -0.3 is 11.1 Å². The smallest absolute Gasteiger partial charge is 0.248 e. The number of carbonyl (C=O) groups is 2. The van der Waals surface area contributed by atoms with Crippen LogP contribution in [0, 0.1) is 5.92 Å². The summed E-state index contributed by atoms with van der Waals surface area (Å²) >= 11 is 0. The summed E-state index contributed by atoms with van der Waals surface area (Å²) in [6, 6.07) is 17.1. The Hall–Kier alpha value is -2.62. The number of hydrogen-bond acceptors (Lipinski definition) is 2. The second kappa shape index (κ2) is 6.02. The summed E-state index contributed by atoms with van der Waals surface area (Å²) in [6.45, 7) is 0.415. The molecule has 2 unspecified atom stereocenters. The predicted octanol–water partition coefficient (Wildman–Crippen LogP) is 2.21. The summed E-state index contributed by atoms with van der Waals surface area (Å²) in [5.41, 5.74) is 7.81. The second-order valence-electron chi connectivity index (χ2n) is 5.64. The van der Waals surface area contributed by atoms with Crippen LogP contribution < -0.4 is 11.1 Å². The Morgan fingerprint density at radius 3 is 2.59 bits per heavy atom. The van der Waals surface area contributed by atoms with E-state index in [4.69, 9.17) is 5.73 Å². The summed E-state index contributed by atoms with van der Waals surface area (Å²) in [5.74, 6) is -0.00211. The van der Waals surface area contributed by atoms with E-state index in [9.17, 15) is 9.59 Å². The lowest BCUT2D eigenvalue weighted by molar-refractivity contribution is -0.122. The van der Waals surface area contributed by atoms with Crippen LogP contribution >= 0.6 is 0 Å². The minimum absolute atomic E-state index is 0.0572. The Balaban J connectivity index is 1.56. The molecule has 2 amide bonds. The average molecular weight is 294 g/mol. The zero-order valence-corrected chi connectivity index (χ0v) is 12.2. The Morgan fingerprint density at radius 1 is 1.09 bits per heavy atom. The van der Waals surface area contributed by atoms with Crippen LogP contribution in [-0.2, 0) is 11.3 Å². The van der Waals surface area contributed by atoms with Crippen molar-refractivity contribution in [2.24, 2.45) is 11.7 Å². The Labute approximate surface area is 129 Å². The summed E-state index contributed by atoms with van der Waals surface area (Å²) in [4.78, 5) is 23.3. The molecule has 1 aliphatic carbocycles. The molecule has 1 aliphatic rings.